The summed E-state index contributed by atoms with van der Waals surface area (Å²) in [4.78, 5) is 28.7. The predicted molar refractivity (Wildman–Crippen MR) is 132 cm³/mol. The van der Waals surface area contributed by atoms with Crippen LogP contribution in [0.4, 0.5) is 5.69 Å². The monoisotopic (exact) mass is 448 g/mol. The summed E-state index contributed by atoms with van der Waals surface area (Å²) in [7, 11) is 0. The molecule has 0 radical (unpaired) electrons. The van der Waals surface area contributed by atoms with E-state index < -0.39 is 0 Å². The van der Waals surface area contributed by atoms with E-state index in [1.165, 1.54) is 5.69 Å². The molecule has 6 heteroatoms. The Morgan fingerprint density at radius 1 is 1.03 bits per heavy atom. The van der Waals surface area contributed by atoms with E-state index in [0.717, 1.165) is 70.4 Å². The summed E-state index contributed by atoms with van der Waals surface area (Å²) < 4.78 is 0. The van der Waals surface area contributed by atoms with E-state index in [-0.39, 0.29) is 11.9 Å². The number of nitrogens with one attached hydrogen (secondary N) is 2. The number of nitrogens with zero attached hydrogens (tertiary/aromatic N) is 2. The van der Waals surface area contributed by atoms with Crippen LogP contribution < -0.4 is 15.5 Å². The molecule has 2 heterocycles. The number of hydrogen-bond acceptors (Lipinski definition) is 4. The van der Waals surface area contributed by atoms with E-state index in [9.17, 15) is 9.59 Å². The second-order valence-electron chi connectivity index (χ2n) is 9.21. The first-order chi connectivity index (χ1) is 16.1. The van der Waals surface area contributed by atoms with Crippen molar-refractivity contribution in [3.63, 3.8) is 0 Å². The minimum absolute atomic E-state index is 0.0271. The summed E-state index contributed by atoms with van der Waals surface area (Å²) in [5.41, 5.74) is 2.96. The SMILES string of the molecule is C[C@@H](NC(=O)c1ccc(N2CCC(NCCCN3CCCC3=O)CC2)cc1)c1ccccc1. The molecule has 176 valence electrons. The Balaban J connectivity index is 1.18. The number of amides is 2. The lowest BCUT2D eigenvalue weighted by Gasteiger charge is -2.34. The zero-order valence-corrected chi connectivity index (χ0v) is 19.6. The van der Waals surface area contributed by atoms with Crippen molar-refractivity contribution in [3.05, 3.63) is 65.7 Å². The highest BCUT2D eigenvalue weighted by atomic mass is 16.2. The third kappa shape index (κ3) is 6.35. The van der Waals surface area contributed by atoms with Gasteiger partial charge in [-0.05, 0) is 69.0 Å². The summed E-state index contributed by atoms with van der Waals surface area (Å²) in [5, 5.41) is 6.75. The van der Waals surface area contributed by atoms with Gasteiger partial charge in [0.25, 0.3) is 5.91 Å². The molecule has 4 rings (SSSR count). The maximum Gasteiger partial charge on any atom is 0.251 e. The number of likely N-dealkylation sites (tertiary alicyclic amines) is 1. The van der Waals surface area contributed by atoms with Gasteiger partial charge in [0.1, 0.15) is 0 Å². The van der Waals surface area contributed by atoms with Gasteiger partial charge in [0, 0.05) is 49.9 Å². The van der Waals surface area contributed by atoms with E-state index in [2.05, 4.69) is 27.7 Å². The molecule has 2 amide bonds. The standard InChI is InChI=1S/C27H36N4O2/c1-21(22-7-3-2-4-8-22)29-27(33)23-10-12-25(13-11-23)30-19-14-24(15-20-30)28-16-6-18-31-17-5-9-26(31)32/h2-4,7-8,10-13,21,24,28H,5-6,9,14-20H2,1H3,(H,29,33)/t21-/m1/s1. The largest absolute Gasteiger partial charge is 0.371 e. The zero-order chi connectivity index (χ0) is 23.0. The van der Waals surface area contributed by atoms with Gasteiger partial charge in [0.2, 0.25) is 5.91 Å². The molecule has 0 spiro atoms. The maximum atomic E-state index is 12.6. The highest BCUT2D eigenvalue weighted by molar-refractivity contribution is 5.94. The van der Waals surface area contributed by atoms with E-state index in [1.807, 2.05) is 54.3 Å². The number of anilines is 1. The molecular formula is C27H36N4O2. The van der Waals surface area contributed by atoms with Crippen LogP contribution in [0.1, 0.15) is 61.0 Å². The van der Waals surface area contributed by atoms with Gasteiger partial charge in [-0.15, -0.1) is 0 Å². The van der Waals surface area contributed by atoms with Crippen LogP contribution in [0.5, 0.6) is 0 Å². The molecule has 2 aliphatic rings. The Hall–Kier alpha value is -2.86. The normalized spacial score (nSPS) is 17.9. The fourth-order valence-electron chi connectivity index (χ4n) is 4.79. The number of carbonyl (C=O) groups excluding carboxylic acids is 2. The molecule has 0 aromatic heterocycles. The van der Waals surface area contributed by atoms with Crippen molar-refractivity contribution in [3.8, 4) is 0 Å². The molecule has 2 aliphatic heterocycles. The van der Waals surface area contributed by atoms with Crippen LogP contribution in [0.25, 0.3) is 0 Å². The summed E-state index contributed by atoms with van der Waals surface area (Å²) in [6.45, 7) is 6.82. The number of rotatable bonds is 9. The topological polar surface area (TPSA) is 64.7 Å². The molecular weight excluding hydrogens is 412 g/mol. The summed E-state index contributed by atoms with van der Waals surface area (Å²) in [6, 6.07) is 18.5. The number of carbonyl (C=O) groups is 2. The van der Waals surface area contributed by atoms with Crippen molar-refractivity contribution < 1.29 is 9.59 Å². The average Bonchev–Trinajstić information content (AvgIpc) is 3.27. The van der Waals surface area contributed by atoms with E-state index in [1.54, 1.807) is 0 Å². The lowest BCUT2D eigenvalue weighted by molar-refractivity contribution is -0.127. The van der Waals surface area contributed by atoms with Gasteiger partial charge in [0.15, 0.2) is 0 Å². The van der Waals surface area contributed by atoms with Crippen LogP contribution in [0.15, 0.2) is 54.6 Å². The molecule has 2 aromatic rings. The van der Waals surface area contributed by atoms with Gasteiger partial charge in [-0.1, -0.05) is 30.3 Å². The third-order valence-electron chi connectivity index (χ3n) is 6.85. The van der Waals surface area contributed by atoms with Crippen molar-refractivity contribution in [2.45, 2.75) is 51.1 Å². The Kier molecular flexibility index (Phi) is 8.00. The van der Waals surface area contributed by atoms with E-state index in [4.69, 9.17) is 0 Å². The van der Waals surface area contributed by atoms with Gasteiger partial charge in [-0.25, -0.2) is 0 Å². The fraction of sp³-hybridized carbons (Fsp3) is 0.481. The Labute approximate surface area is 197 Å². The maximum absolute atomic E-state index is 12.6. The lowest BCUT2D eigenvalue weighted by atomic mass is 10.0. The molecule has 0 bridgehead atoms. The Morgan fingerprint density at radius 2 is 1.76 bits per heavy atom. The van der Waals surface area contributed by atoms with Gasteiger partial charge >= 0.3 is 0 Å². The van der Waals surface area contributed by atoms with Crippen LogP contribution in [0.2, 0.25) is 0 Å². The van der Waals surface area contributed by atoms with E-state index in [0.29, 0.717) is 17.5 Å². The molecule has 6 nitrogen and oxygen atoms in total. The third-order valence-corrected chi connectivity index (χ3v) is 6.85. The minimum atomic E-state index is -0.0450. The Bertz CT molecular complexity index is 907. The molecule has 2 N–H and O–H groups in total. The summed E-state index contributed by atoms with van der Waals surface area (Å²) in [5.74, 6) is 0.272. The first-order valence-electron chi connectivity index (χ1n) is 12.3. The van der Waals surface area contributed by atoms with Gasteiger partial charge in [-0.2, -0.15) is 0 Å². The predicted octanol–water partition coefficient (Wildman–Crippen LogP) is 3.75. The average molecular weight is 449 g/mol. The number of piperidine rings is 1. The number of hydrogen-bond donors (Lipinski definition) is 2. The van der Waals surface area contributed by atoms with Crippen molar-refractivity contribution in [1.82, 2.24) is 15.5 Å². The molecule has 33 heavy (non-hydrogen) atoms. The fourth-order valence-corrected chi connectivity index (χ4v) is 4.79. The first kappa shape index (κ1) is 23.3. The highest BCUT2D eigenvalue weighted by Crippen LogP contribution is 2.21. The summed E-state index contributed by atoms with van der Waals surface area (Å²) >= 11 is 0. The Morgan fingerprint density at radius 3 is 2.42 bits per heavy atom. The lowest BCUT2D eigenvalue weighted by Crippen LogP contribution is -2.43. The molecule has 1 atom stereocenters. The second-order valence-corrected chi connectivity index (χ2v) is 9.21. The van der Waals surface area contributed by atoms with Crippen molar-refractivity contribution >= 4 is 17.5 Å². The first-order valence-corrected chi connectivity index (χ1v) is 12.3. The molecule has 0 unspecified atom stereocenters. The smallest absolute Gasteiger partial charge is 0.251 e. The molecule has 2 fully saturated rings. The number of benzene rings is 2. The van der Waals surface area contributed by atoms with Crippen LogP contribution >= 0.6 is 0 Å². The molecule has 2 aromatic carbocycles. The van der Waals surface area contributed by atoms with Gasteiger partial charge in [-0.3, -0.25) is 9.59 Å². The molecule has 0 aliphatic carbocycles. The van der Waals surface area contributed by atoms with Crippen LogP contribution in [-0.4, -0.2) is 55.5 Å². The minimum Gasteiger partial charge on any atom is -0.371 e. The quantitative estimate of drug-likeness (QED) is 0.574. The van der Waals surface area contributed by atoms with Crippen LogP contribution in [0.3, 0.4) is 0 Å². The zero-order valence-electron chi connectivity index (χ0n) is 19.6. The van der Waals surface area contributed by atoms with Gasteiger partial charge < -0.3 is 20.4 Å². The van der Waals surface area contributed by atoms with Crippen molar-refractivity contribution in [1.29, 1.82) is 0 Å². The van der Waals surface area contributed by atoms with Crippen LogP contribution in [-0.2, 0) is 4.79 Å². The van der Waals surface area contributed by atoms with Crippen molar-refractivity contribution in [2.75, 3.05) is 37.6 Å². The molecule has 2 saturated heterocycles. The highest BCUT2D eigenvalue weighted by Gasteiger charge is 2.21. The van der Waals surface area contributed by atoms with E-state index >= 15 is 0 Å². The van der Waals surface area contributed by atoms with Crippen molar-refractivity contribution in [2.24, 2.45) is 0 Å². The van der Waals surface area contributed by atoms with Crippen LogP contribution in [0, 0.1) is 0 Å². The molecule has 0 saturated carbocycles. The second kappa shape index (κ2) is 11.3. The summed E-state index contributed by atoms with van der Waals surface area (Å²) in [6.07, 6.45) is 4.99. The van der Waals surface area contributed by atoms with Gasteiger partial charge in [0.05, 0.1) is 6.04 Å².